The van der Waals surface area contributed by atoms with E-state index in [0.717, 1.165) is 11.3 Å². The second-order valence-electron chi connectivity index (χ2n) is 4.06. The second-order valence-corrected chi connectivity index (χ2v) is 4.42. The van der Waals surface area contributed by atoms with E-state index < -0.39 is 0 Å². The Kier molecular flexibility index (Phi) is 2.80. The molecule has 19 heavy (non-hydrogen) atoms. The lowest BCUT2D eigenvalue weighted by atomic mass is 10.2. The van der Waals surface area contributed by atoms with Gasteiger partial charge in [-0.15, -0.1) is 0 Å². The van der Waals surface area contributed by atoms with Crippen molar-refractivity contribution in [1.29, 1.82) is 0 Å². The molecule has 2 heterocycles. The van der Waals surface area contributed by atoms with Gasteiger partial charge in [-0.2, -0.15) is 0 Å². The molecule has 0 radical (unpaired) electrons. The third-order valence-corrected chi connectivity index (χ3v) is 3.22. The highest BCUT2D eigenvalue weighted by Crippen LogP contribution is 2.30. The van der Waals surface area contributed by atoms with Gasteiger partial charge in [0.2, 0.25) is 0 Å². The number of methoxy groups -OCH3 is 1. The average Bonchev–Trinajstić information content (AvgIpc) is 2.78. The Labute approximate surface area is 114 Å². The molecule has 0 saturated carbocycles. The van der Waals surface area contributed by atoms with Crippen molar-refractivity contribution in [2.45, 2.75) is 0 Å². The van der Waals surface area contributed by atoms with Gasteiger partial charge < -0.3 is 9.84 Å². The van der Waals surface area contributed by atoms with Crippen LogP contribution in [0.25, 0.3) is 16.9 Å². The molecule has 0 spiro atoms. The Morgan fingerprint density at radius 3 is 2.58 bits per heavy atom. The lowest BCUT2D eigenvalue weighted by molar-refractivity contribution is 0.415. The highest BCUT2D eigenvalue weighted by molar-refractivity contribution is 6.33. The molecule has 0 fully saturated rings. The third kappa shape index (κ3) is 1.90. The maximum atomic E-state index is 9.97. The molecule has 0 aliphatic carbocycles. The van der Waals surface area contributed by atoms with Gasteiger partial charge in [0.1, 0.15) is 11.6 Å². The summed E-state index contributed by atoms with van der Waals surface area (Å²) < 4.78 is 6.73. The molecule has 3 aromatic rings. The number of pyridine rings is 1. The summed E-state index contributed by atoms with van der Waals surface area (Å²) in [4.78, 5) is 4.30. The number of aromatic nitrogens is 2. The van der Waals surface area contributed by atoms with Crippen LogP contribution in [-0.2, 0) is 0 Å². The summed E-state index contributed by atoms with van der Waals surface area (Å²) in [6.45, 7) is 0. The normalized spacial score (nSPS) is 10.8. The van der Waals surface area contributed by atoms with Crippen molar-refractivity contribution in [2.24, 2.45) is 0 Å². The summed E-state index contributed by atoms with van der Waals surface area (Å²) in [6.07, 6.45) is 0. The SMILES string of the molecule is COc1ccc(-c2nc(Cl)c3cccc(O)n23)cc1. The molecule has 0 bridgehead atoms. The van der Waals surface area contributed by atoms with Gasteiger partial charge in [0.25, 0.3) is 0 Å². The molecule has 0 atom stereocenters. The number of halogens is 1. The first kappa shape index (κ1) is 11.9. The Bertz CT molecular complexity index is 735. The van der Waals surface area contributed by atoms with Gasteiger partial charge in [0.15, 0.2) is 11.0 Å². The van der Waals surface area contributed by atoms with Crippen LogP contribution in [0.15, 0.2) is 42.5 Å². The van der Waals surface area contributed by atoms with Gasteiger partial charge in [-0.1, -0.05) is 17.7 Å². The minimum Gasteiger partial charge on any atom is -0.497 e. The van der Waals surface area contributed by atoms with Crippen molar-refractivity contribution in [3.63, 3.8) is 0 Å². The van der Waals surface area contributed by atoms with Crippen molar-refractivity contribution >= 4 is 17.1 Å². The summed E-state index contributed by atoms with van der Waals surface area (Å²) in [5.74, 6) is 1.46. The maximum Gasteiger partial charge on any atom is 0.197 e. The zero-order valence-corrected chi connectivity index (χ0v) is 10.9. The number of rotatable bonds is 2. The number of aromatic hydroxyl groups is 1. The number of ether oxygens (including phenoxy) is 1. The molecule has 3 rings (SSSR count). The number of fused-ring (bicyclic) bond motifs is 1. The Balaban J connectivity index is 2.24. The number of benzene rings is 1. The molecule has 96 valence electrons. The summed E-state index contributed by atoms with van der Waals surface area (Å²) in [7, 11) is 1.61. The minimum atomic E-state index is 0.0997. The first-order valence-corrected chi connectivity index (χ1v) is 6.09. The van der Waals surface area contributed by atoms with Crippen LogP contribution in [0.1, 0.15) is 0 Å². The number of nitrogens with zero attached hydrogens (tertiary/aromatic N) is 2. The van der Waals surface area contributed by atoms with Gasteiger partial charge in [0, 0.05) is 5.56 Å². The van der Waals surface area contributed by atoms with Gasteiger partial charge in [-0.25, -0.2) is 4.98 Å². The molecular formula is C14H11ClN2O2. The fourth-order valence-electron chi connectivity index (χ4n) is 2.02. The molecule has 5 heteroatoms. The maximum absolute atomic E-state index is 9.97. The van der Waals surface area contributed by atoms with Crippen molar-refractivity contribution in [1.82, 2.24) is 9.38 Å². The number of imidazole rings is 1. The molecule has 0 unspecified atom stereocenters. The molecule has 0 aliphatic rings. The van der Waals surface area contributed by atoms with Crippen LogP contribution in [0.4, 0.5) is 0 Å². The summed E-state index contributed by atoms with van der Waals surface area (Å²) in [5, 5.41) is 10.3. The Morgan fingerprint density at radius 2 is 1.89 bits per heavy atom. The lowest BCUT2D eigenvalue weighted by Gasteiger charge is -2.04. The predicted molar refractivity (Wildman–Crippen MR) is 73.9 cm³/mol. The van der Waals surface area contributed by atoms with Crippen LogP contribution >= 0.6 is 11.6 Å². The quantitative estimate of drug-likeness (QED) is 0.779. The van der Waals surface area contributed by atoms with Crippen molar-refractivity contribution in [3.05, 3.63) is 47.6 Å². The average molecular weight is 275 g/mol. The van der Waals surface area contributed by atoms with Crippen molar-refractivity contribution < 1.29 is 9.84 Å². The summed E-state index contributed by atoms with van der Waals surface area (Å²) in [6, 6.07) is 12.6. The van der Waals surface area contributed by atoms with E-state index in [2.05, 4.69) is 4.98 Å². The summed E-state index contributed by atoms with van der Waals surface area (Å²) in [5.41, 5.74) is 1.52. The standard InChI is InChI=1S/C14H11ClN2O2/c1-19-10-7-5-9(6-8-10)14-16-13(15)11-3-2-4-12(18)17(11)14/h2-8,18H,1H3. The predicted octanol–water partition coefficient (Wildman–Crippen LogP) is 3.37. The highest BCUT2D eigenvalue weighted by atomic mass is 35.5. The first-order chi connectivity index (χ1) is 9.20. The van der Waals surface area contributed by atoms with E-state index in [-0.39, 0.29) is 5.88 Å². The largest absolute Gasteiger partial charge is 0.497 e. The first-order valence-electron chi connectivity index (χ1n) is 5.71. The zero-order valence-electron chi connectivity index (χ0n) is 10.2. The van der Waals surface area contributed by atoms with E-state index in [1.165, 1.54) is 0 Å². The molecule has 0 saturated heterocycles. The summed E-state index contributed by atoms with van der Waals surface area (Å²) >= 11 is 6.09. The van der Waals surface area contributed by atoms with E-state index >= 15 is 0 Å². The molecule has 1 aromatic carbocycles. The zero-order chi connectivity index (χ0) is 13.4. The van der Waals surface area contributed by atoms with E-state index in [0.29, 0.717) is 16.5 Å². The van der Waals surface area contributed by atoms with Gasteiger partial charge in [-0.05, 0) is 36.4 Å². The van der Waals surface area contributed by atoms with Gasteiger partial charge in [-0.3, -0.25) is 4.40 Å². The fourth-order valence-corrected chi connectivity index (χ4v) is 2.24. The minimum absolute atomic E-state index is 0.0997. The third-order valence-electron chi connectivity index (χ3n) is 2.94. The topological polar surface area (TPSA) is 46.8 Å². The van der Waals surface area contributed by atoms with E-state index in [9.17, 15) is 5.11 Å². The molecule has 4 nitrogen and oxygen atoms in total. The van der Waals surface area contributed by atoms with E-state index in [1.54, 1.807) is 23.6 Å². The smallest absolute Gasteiger partial charge is 0.197 e. The fraction of sp³-hybridized carbons (Fsp3) is 0.0714. The monoisotopic (exact) mass is 274 g/mol. The van der Waals surface area contributed by atoms with Crippen LogP contribution in [-0.4, -0.2) is 21.6 Å². The van der Waals surface area contributed by atoms with Crippen LogP contribution in [0.3, 0.4) is 0 Å². The molecule has 2 aromatic heterocycles. The van der Waals surface area contributed by atoms with E-state index in [1.807, 2.05) is 30.3 Å². The van der Waals surface area contributed by atoms with Gasteiger partial charge >= 0.3 is 0 Å². The molecule has 0 amide bonds. The highest BCUT2D eigenvalue weighted by Gasteiger charge is 2.13. The van der Waals surface area contributed by atoms with Gasteiger partial charge in [0.05, 0.1) is 12.6 Å². The second kappa shape index (κ2) is 4.48. The van der Waals surface area contributed by atoms with Crippen LogP contribution in [0.2, 0.25) is 5.15 Å². The van der Waals surface area contributed by atoms with Crippen LogP contribution in [0, 0.1) is 0 Å². The Morgan fingerprint density at radius 1 is 1.16 bits per heavy atom. The van der Waals surface area contributed by atoms with Crippen LogP contribution in [0.5, 0.6) is 11.6 Å². The van der Waals surface area contributed by atoms with Crippen molar-refractivity contribution in [3.8, 4) is 23.0 Å². The Hall–Kier alpha value is -2.20. The molecule has 0 aliphatic heterocycles. The lowest BCUT2D eigenvalue weighted by Crippen LogP contribution is -1.90. The van der Waals surface area contributed by atoms with Crippen molar-refractivity contribution in [2.75, 3.05) is 7.11 Å². The number of hydrogen-bond donors (Lipinski definition) is 1. The number of hydrogen-bond acceptors (Lipinski definition) is 3. The van der Waals surface area contributed by atoms with E-state index in [4.69, 9.17) is 16.3 Å². The van der Waals surface area contributed by atoms with Crippen LogP contribution < -0.4 is 4.74 Å². The molecule has 1 N–H and O–H groups in total. The molecular weight excluding hydrogens is 264 g/mol.